The number of nitrogens with one attached hydrogen (secondary N) is 3. The molecule has 0 radical (unpaired) electrons. The van der Waals surface area contributed by atoms with E-state index in [1.165, 1.54) is 0 Å². The van der Waals surface area contributed by atoms with Gasteiger partial charge in [0.05, 0.1) is 5.56 Å². The van der Waals surface area contributed by atoms with Crippen molar-refractivity contribution in [3.63, 3.8) is 0 Å². The summed E-state index contributed by atoms with van der Waals surface area (Å²) >= 11 is 0. The number of rotatable bonds is 5. The Bertz CT molecular complexity index is 558. The summed E-state index contributed by atoms with van der Waals surface area (Å²) in [4.78, 5) is 16.0. The van der Waals surface area contributed by atoms with Crippen LogP contribution in [0.4, 0.5) is 0 Å². The average Bonchev–Trinajstić information content (AvgIpc) is 2.76. The highest BCUT2D eigenvalue weighted by Crippen LogP contribution is 2.14. The van der Waals surface area contributed by atoms with Gasteiger partial charge in [0, 0.05) is 23.8 Å². The summed E-state index contributed by atoms with van der Waals surface area (Å²) in [6, 6.07) is 1.81. The highest BCUT2D eigenvalue weighted by atomic mass is 35.5. The number of halogens is 2. The van der Waals surface area contributed by atoms with Gasteiger partial charge in [-0.15, -0.1) is 24.8 Å². The number of hydrogen-bond acceptors (Lipinski definition) is 4. The Morgan fingerprint density at radius 1 is 1.35 bits per heavy atom. The first-order valence-electron chi connectivity index (χ1n) is 5.96. The van der Waals surface area contributed by atoms with Gasteiger partial charge < -0.3 is 10.6 Å². The van der Waals surface area contributed by atoms with Crippen LogP contribution in [0.1, 0.15) is 22.5 Å². The number of aromatic amines is 1. The molecule has 0 spiro atoms. The molecule has 112 valence electrons. The number of carbonyl (C=O) groups excluding carboxylic acids is 1. The highest BCUT2D eigenvalue weighted by molar-refractivity contribution is 5.97. The maximum atomic E-state index is 11.9. The van der Waals surface area contributed by atoms with Crippen LogP contribution in [0.25, 0.3) is 11.0 Å². The zero-order valence-corrected chi connectivity index (χ0v) is 13.0. The number of fused-ring (bicyclic) bond motifs is 1. The molecule has 2 heterocycles. The fourth-order valence-corrected chi connectivity index (χ4v) is 1.71. The predicted molar refractivity (Wildman–Crippen MR) is 84.0 cm³/mol. The van der Waals surface area contributed by atoms with E-state index >= 15 is 0 Å². The predicted octanol–water partition coefficient (Wildman–Crippen LogP) is 1.45. The Kier molecular flexibility index (Phi) is 8.13. The third-order valence-corrected chi connectivity index (χ3v) is 2.75. The van der Waals surface area contributed by atoms with E-state index in [0.717, 1.165) is 24.0 Å². The van der Waals surface area contributed by atoms with Gasteiger partial charge in [-0.3, -0.25) is 9.89 Å². The van der Waals surface area contributed by atoms with Crippen LogP contribution in [0.5, 0.6) is 0 Å². The maximum Gasteiger partial charge on any atom is 0.252 e. The summed E-state index contributed by atoms with van der Waals surface area (Å²) in [5, 5.41) is 13.7. The second-order valence-corrected chi connectivity index (χ2v) is 4.16. The van der Waals surface area contributed by atoms with E-state index in [2.05, 4.69) is 25.8 Å². The summed E-state index contributed by atoms with van der Waals surface area (Å²) in [6.07, 6.45) is 2.46. The van der Waals surface area contributed by atoms with Crippen molar-refractivity contribution in [3.8, 4) is 0 Å². The molecule has 0 bridgehead atoms. The van der Waals surface area contributed by atoms with Crippen molar-refractivity contribution in [2.24, 2.45) is 0 Å². The van der Waals surface area contributed by atoms with Gasteiger partial charge in [0.15, 0.2) is 5.65 Å². The Labute approximate surface area is 129 Å². The number of aryl methyl sites for hydroxylation is 1. The standard InChI is InChI=1S/C12H17N5O.2ClH/c1-8-10-6-9(7-15-11(10)17-16-8)12(18)14-5-3-4-13-2;;/h6-7,13H,3-5H2,1-2H3,(H,14,18)(H,15,16,17);2*1H. The van der Waals surface area contributed by atoms with Crippen LogP contribution in [-0.4, -0.2) is 41.2 Å². The van der Waals surface area contributed by atoms with Crippen molar-refractivity contribution in [3.05, 3.63) is 23.5 Å². The number of amides is 1. The molecule has 0 fully saturated rings. The number of carbonyl (C=O) groups is 1. The van der Waals surface area contributed by atoms with Crippen molar-refractivity contribution in [1.82, 2.24) is 25.8 Å². The van der Waals surface area contributed by atoms with Crippen molar-refractivity contribution >= 4 is 41.8 Å². The molecular formula is C12H19Cl2N5O. The molecule has 2 aromatic rings. The van der Waals surface area contributed by atoms with Crippen molar-refractivity contribution < 1.29 is 4.79 Å². The second-order valence-electron chi connectivity index (χ2n) is 4.16. The van der Waals surface area contributed by atoms with E-state index in [0.29, 0.717) is 17.8 Å². The average molecular weight is 320 g/mol. The van der Waals surface area contributed by atoms with Crippen molar-refractivity contribution in [1.29, 1.82) is 0 Å². The van der Waals surface area contributed by atoms with E-state index in [1.54, 1.807) is 6.20 Å². The molecule has 0 unspecified atom stereocenters. The van der Waals surface area contributed by atoms with E-state index in [9.17, 15) is 4.79 Å². The first kappa shape index (κ1) is 18.6. The molecule has 0 atom stereocenters. The molecular weight excluding hydrogens is 301 g/mol. The number of H-pyrrole nitrogens is 1. The van der Waals surface area contributed by atoms with Crippen LogP contribution in [0.3, 0.4) is 0 Å². The molecule has 20 heavy (non-hydrogen) atoms. The Hall–Kier alpha value is -1.37. The van der Waals surface area contributed by atoms with E-state index < -0.39 is 0 Å². The largest absolute Gasteiger partial charge is 0.352 e. The van der Waals surface area contributed by atoms with Crippen LogP contribution >= 0.6 is 24.8 Å². The molecule has 0 saturated carbocycles. The first-order chi connectivity index (χ1) is 8.72. The Morgan fingerprint density at radius 3 is 2.80 bits per heavy atom. The van der Waals surface area contributed by atoms with Gasteiger partial charge in [0.25, 0.3) is 5.91 Å². The molecule has 2 aromatic heterocycles. The monoisotopic (exact) mass is 319 g/mol. The van der Waals surface area contributed by atoms with Crippen LogP contribution in [0.2, 0.25) is 0 Å². The lowest BCUT2D eigenvalue weighted by atomic mass is 10.2. The lowest BCUT2D eigenvalue weighted by molar-refractivity contribution is 0.0953. The van der Waals surface area contributed by atoms with Gasteiger partial charge in [-0.05, 0) is 33.0 Å². The SMILES string of the molecule is CNCCCNC(=O)c1cnc2n[nH]c(C)c2c1.Cl.Cl. The fraction of sp³-hybridized carbons (Fsp3) is 0.417. The highest BCUT2D eigenvalue weighted by Gasteiger charge is 2.09. The van der Waals surface area contributed by atoms with Gasteiger partial charge in [0.1, 0.15) is 0 Å². The number of hydrogen-bond donors (Lipinski definition) is 3. The van der Waals surface area contributed by atoms with E-state index in [4.69, 9.17) is 0 Å². The van der Waals surface area contributed by atoms with Crippen LogP contribution in [0, 0.1) is 6.92 Å². The van der Waals surface area contributed by atoms with E-state index in [1.807, 2.05) is 20.0 Å². The maximum absolute atomic E-state index is 11.9. The topological polar surface area (TPSA) is 82.7 Å². The number of nitrogens with zero attached hydrogens (tertiary/aromatic N) is 2. The van der Waals surface area contributed by atoms with Crippen LogP contribution < -0.4 is 10.6 Å². The van der Waals surface area contributed by atoms with Crippen LogP contribution in [-0.2, 0) is 0 Å². The summed E-state index contributed by atoms with van der Waals surface area (Å²) in [5.74, 6) is -0.0962. The third-order valence-electron chi connectivity index (χ3n) is 2.75. The van der Waals surface area contributed by atoms with Gasteiger partial charge in [0.2, 0.25) is 0 Å². The van der Waals surface area contributed by atoms with Crippen molar-refractivity contribution in [2.75, 3.05) is 20.1 Å². The minimum atomic E-state index is -0.0962. The molecule has 0 aromatic carbocycles. The summed E-state index contributed by atoms with van der Waals surface area (Å²) in [7, 11) is 1.89. The summed E-state index contributed by atoms with van der Waals surface area (Å²) in [5.41, 5.74) is 2.12. The first-order valence-corrected chi connectivity index (χ1v) is 5.96. The lowest BCUT2D eigenvalue weighted by Crippen LogP contribution is -2.26. The molecule has 0 aliphatic heterocycles. The summed E-state index contributed by atoms with van der Waals surface area (Å²) in [6.45, 7) is 3.45. The quantitative estimate of drug-likeness (QED) is 0.728. The molecule has 8 heteroatoms. The van der Waals surface area contributed by atoms with Gasteiger partial charge in [-0.25, -0.2) is 4.98 Å². The van der Waals surface area contributed by atoms with Gasteiger partial charge >= 0.3 is 0 Å². The fourth-order valence-electron chi connectivity index (χ4n) is 1.71. The zero-order chi connectivity index (χ0) is 13.0. The Morgan fingerprint density at radius 2 is 2.10 bits per heavy atom. The molecule has 0 aliphatic rings. The molecule has 0 aliphatic carbocycles. The van der Waals surface area contributed by atoms with E-state index in [-0.39, 0.29) is 30.7 Å². The molecule has 1 amide bonds. The van der Waals surface area contributed by atoms with Gasteiger partial charge in [-0.1, -0.05) is 0 Å². The number of pyridine rings is 1. The molecule has 3 N–H and O–H groups in total. The van der Waals surface area contributed by atoms with Gasteiger partial charge in [-0.2, -0.15) is 5.10 Å². The Balaban J connectivity index is 0.00000180. The lowest BCUT2D eigenvalue weighted by Gasteiger charge is -2.04. The minimum Gasteiger partial charge on any atom is -0.352 e. The normalized spacial score (nSPS) is 9.70. The van der Waals surface area contributed by atoms with Crippen molar-refractivity contribution in [2.45, 2.75) is 13.3 Å². The number of aromatic nitrogens is 3. The second kappa shape index (κ2) is 8.73. The molecule has 6 nitrogen and oxygen atoms in total. The minimum absolute atomic E-state index is 0. The van der Waals surface area contributed by atoms with Crippen LogP contribution in [0.15, 0.2) is 12.3 Å². The smallest absolute Gasteiger partial charge is 0.252 e. The molecule has 2 rings (SSSR count). The molecule has 0 saturated heterocycles. The third kappa shape index (κ3) is 4.33. The zero-order valence-electron chi connectivity index (χ0n) is 11.4. The summed E-state index contributed by atoms with van der Waals surface area (Å²) < 4.78 is 0.